The van der Waals surface area contributed by atoms with Crippen LogP contribution in [0.25, 0.3) is 16.8 Å². The average Bonchev–Trinajstić information content (AvgIpc) is 2.90. The molecule has 2 heterocycles. The summed E-state index contributed by atoms with van der Waals surface area (Å²) in [4.78, 5) is 15.4. The summed E-state index contributed by atoms with van der Waals surface area (Å²) in [5.74, 6) is 0.0780. The van der Waals surface area contributed by atoms with Crippen LogP contribution in [-0.4, -0.2) is 25.0 Å². The Morgan fingerprint density at radius 2 is 2.10 bits per heavy atom. The molecule has 0 saturated carbocycles. The molecule has 0 spiro atoms. The van der Waals surface area contributed by atoms with Gasteiger partial charge < -0.3 is 9.67 Å². The minimum atomic E-state index is -0.778. The van der Waals surface area contributed by atoms with E-state index in [0.717, 1.165) is 22.5 Å². The summed E-state index contributed by atoms with van der Waals surface area (Å²) in [6.07, 6.45) is 2.64. The van der Waals surface area contributed by atoms with Crippen LogP contribution in [0.4, 0.5) is 0 Å². The lowest BCUT2D eigenvalue weighted by Crippen LogP contribution is -2.02. The van der Waals surface area contributed by atoms with Crippen LogP contribution in [0.3, 0.4) is 0 Å². The smallest absolute Gasteiger partial charge is 0.303 e. The van der Waals surface area contributed by atoms with Crippen LogP contribution >= 0.6 is 0 Å². The van der Waals surface area contributed by atoms with E-state index in [9.17, 15) is 4.79 Å². The number of hydrogen-bond acceptors (Lipinski definition) is 2. The zero-order valence-corrected chi connectivity index (χ0v) is 11.8. The van der Waals surface area contributed by atoms with Crippen molar-refractivity contribution in [2.24, 2.45) is 7.05 Å². The van der Waals surface area contributed by atoms with E-state index >= 15 is 0 Å². The number of carbonyl (C=O) groups is 1. The maximum Gasteiger partial charge on any atom is 0.303 e. The summed E-state index contributed by atoms with van der Waals surface area (Å²) in [5.41, 5.74) is 5.49. The molecule has 0 aliphatic rings. The molecule has 3 rings (SSSR count). The molecule has 104 valence electrons. The Kier molecular flexibility index (Phi) is 2.78. The van der Waals surface area contributed by atoms with Crippen LogP contribution in [0.1, 0.15) is 23.2 Å². The fourth-order valence-electron chi connectivity index (χ4n) is 2.58. The number of benzene rings is 1. The van der Waals surface area contributed by atoms with Crippen LogP contribution in [-0.2, 0) is 18.3 Å². The Hall–Kier alpha value is -2.30. The molecule has 2 aromatic heterocycles. The number of hydrogen-bond donors (Lipinski definition) is 1. The number of fused-ring (bicyclic) bond motifs is 3. The van der Waals surface area contributed by atoms with Gasteiger partial charge in [-0.3, -0.25) is 9.20 Å². The van der Waals surface area contributed by atoms with Crippen LogP contribution < -0.4 is 0 Å². The van der Waals surface area contributed by atoms with Crippen molar-refractivity contribution in [1.29, 1.82) is 0 Å². The maximum absolute atomic E-state index is 10.7. The SMILES string of the molecule is Cc1ccc2c(nc3n(C)c(CCC(=O)O)cn23)c1C. The van der Waals surface area contributed by atoms with Crippen molar-refractivity contribution in [2.45, 2.75) is 26.7 Å². The molecular formula is C15H17N3O2. The number of aryl methyl sites for hydroxylation is 4. The molecule has 0 aliphatic carbocycles. The lowest BCUT2D eigenvalue weighted by Gasteiger charge is -2.01. The van der Waals surface area contributed by atoms with E-state index < -0.39 is 5.97 Å². The fraction of sp³-hybridized carbons (Fsp3) is 0.333. The Morgan fingerprint density at radius 1 is 1.35 bits per heavy atom. The normalized spacial score (nSPS) is 11.6. The first-order valence-corrected chi connectivity index (χ1v) is 6.63. The second-order valence-corrected chi connectivity index (χ2v) is 5.23. The van der Waals surface area contributed by atoms with Gasteiger partial charge in [0.05, 0.1) is 17.5 Å². The summed E-state index contributed by atoms with van der Waals surface area (Å²) in [6, 6.07) is 4.16. The Labute approximate surface area is 116 Å². The van der Waals surface area contributed by atoms with Gasteiger partial charge in [-0.25, -0.2) is 4.98 Å². The predicted octanol–water partition coefficient (Wildman–Crippen LogP) is 2.46. The standard InChI is InChI=1S/C15H17N3O2/c1-9-4-6-12-14(10(9)2)16-15-17(3)11(8-18(12)15)5-7-13(19)20/h4,6,8H,5,7H2,1-3H3,(H,19,20). The van der Waals surface area contributed by atoms with Crippen molar-refractivity contribution < 1.29 is 9.90 Å². The van der Waals surface area contributed by atoms with E-state index in [2.05, 4.69) is 26.0 Å². The highest BCUT2D eigenvalue weighted by molar-refractivity contribution is 5.84. The molecule has 1 N–H and O–H groups in total. The third kappa shape index (κ3) is 1.78. The lowest BCUT2D eigenvalue weighted by molar-refractivity contribution is -0.136. The van der Waals surface area contributed by atoms with Gasteiger partial charge in [-0.05, 0) is 37.5 Å². The molecule has 0 atom stereocenters. The van der Waals surface area contributed by atoms with E-state index in [1.54, 1.807) is 0 Å². The Morgan fingerprint density at radius 3 is 2.80 bits per heavy atom. The number of aromatic nitrogens is 3. The van der Waals surface area contributed by atoms with Gasteiger partial charge in [-0.15, -0.1) is 0 Å². The number of carboxylic acids is 1. The number of nitrogens with zero attached hydrogens (tertiary/aromatic N) is 3. The van der Waals surface area contributed by atoms with Gasteiger partial charge in [0.1, 0.15) is 0 Å². The van der Waals surface area contributed by atoms with E-state index in [1.807, 2.05) is 22.2 Å². The zero-order chi connectivity index (χ0) is 14.4. The Bertz CT molecular complexity index is 827. The average molecular weight is 271 g/mol. The molecule has 5 heteroatoms. The molecule has 0 amide bonds. The largest absolute Gasteiger partial charge is 0.481 e. The van der Waals surface area contributed by atoms with Crippen LogP contribution in [0.5, 0.6) is 0 Å². The number of carboxylic acid groups (broad SMARTS) is 1. The molecule has 0 fully saturated rings. The second kappa shape index (κ2) is 4.37. The van der Waals surface area contributed by atoms with E-state index in [1.165, 1.54) is 11.1 Å². The highest BCUT2D eigenvalue weighted by Gasteiger charge is 2.14. The van der Waals surface area contributed by atoms with Crippen molar-refractivity contribution >= 4 is 22.8 Å². The Balaban J connectivity index is 2.18. The first-order valence-electron chi connectivity index (χ1n) is 6.63. The van der Waals surface area contributed by atoms with Gasteiger partial charge >= 0.3 is 5.97 Å². The number of rotatable bonds is 3. The second-order valence-electron chi connectivity index (χ2n) is 5.23. The van der Waals surface area contributed by atoms with Crippen LogP contribution in [0.15, 0.2) is 18.3 Å². The van der Waals surface area contributed by atoms with Crippen molar-refractivity contribution in [3.8, 4) is 0 Å². The lowest BCUT2D eigenvalue weighted by atomic mass is 10.1. The molecule has 5 nitrogen and oxygen atoms in total. The molecule has 0 radical (unpaired) electrons. The van der Waals surface area contributed by atoms with Gasteiger partial charge in [0, 0.05) is 18.9 Å². The van der Waals surface area contributed by atoms with Gasteiger partial charge in [0.25, 0.3) is 0 Å². The number of imidazole rings is 2. The monoisotopic (exact) mass is 271 g/mol. The van der Waals surface area contributed by atoms with Gasteiger partial charge in [0.15, 0.2) is 0 Å². The fourth-order valence-corrected chi connectivity index (χ4v) is 2.58. The molecule has 1 aromatic carbocycles. The number of aliphatic carboxylic acids is 1. The minimum Gasteiger partial charge on any atom is -0.481 e. The maximum atomic E-state index is 10.7. The summed E-state index contributed by atoms with van der Waals surface area (Å²) in [6.45, 7) is 4.16. The highest BCUT2D eigenvalue weighted by Crippen LogP contribution is 2.24. The van der Waals surface area contributed by atoms with Gasteiger partial charge in [-0.2, -0.15) is 0 Å². The van der Waals surface area contributed by atoms with E-state index in [4.69, 9.17) is 10.1 Å². The topological polar surface area (TPSA) is 59.5 Å². The molecular weight excluding hydrogens is 254 g/mol. The van der Waals surface area contributed by atoms with E-state index in [0.29, 0.717) is 6.42 Å². The molecule has 0 aliphatic heterocycles. The van der Waals surface area contributed by atoms with Crippen molar-refractivity contribution in [3.05, 3.63) is 35.2 Å². The van der Waals surface area contributed by atoms with Crippen molar-refractivity contribution in [2.75, 3.05) is 0 Å². The van der Waals surface area contributed by atoms with Gasteiger partial charge in [-0.1, -0.05) is 6.07 Å². The molecule has 0 saturated heterocycles. The third-order valence-corrected chi connectivity index (χ3v) is 3.97. The summed E-state index contributed by atoms with van der Waals surface area (Å²) < 4.78 is 4.01. The van der Waals surface area contributed by atoms with Crippen LogP contribution in [0, 0.1) is 13.8 Å². The quantitative estimate of drug-likeness (QED) is 0.796. The van der Waals surface area contributed by atoms with Crippen molar-refractivity contribution in [3.63, 3.8) is 0 Å². The summed E-state index contributed by atoms with van der Waals surface area (Å²) >= 11 is 0. The van der Waals surface area contributed by atoms with Gasteiger partial charge in [0.2, 0.25) is 5.78 Å². The predicted molar refractivity (Wildman–Crippen MR) is 77.1 cm³/mol. The van der Waals surface area contributed by atoms with Crippen molar-refractivity contribution in [1.82, 2.24) is 14.0 Å². The molecule has 3 aromatic rings. The summed E-state index contributed by atoms with van der Waals surface area (Å²) in [5, 5.41) is 8.80. The first kappa shape index (κ1) is 12.7. The minimum absolute atomic E-state index is 0.136. The highest BCUT2D eigenvalue weighted by atomic mass is 16.4. The zero-order valence-electron chi connectivity index (χ0n) is 11.8. The third-order valence-electron chi connectivity index (χ3n) is 3.97. The molecule has 0 unspecified atom stereocenters. The first-order chi connectivity index (χ1) is 9.49. The summed E-state index contributed by atoms with van der Waals surface area (Å²) in [7, 11) is 1.93. The molecule has 20 heavy (non-hydrogen) atoms. The van der Waals surface area contributed by atoms with E-state index in [-0.39, 0.29) is 6.42 Å². The molecule has 0 bridgehead atoms. The van der Waals surface area contributed by atoms with Crippen LogP contribution in [0.2, 0.25) is 0 Å².